The maximum absolute atomic E-state index is 10.2. The fourth-order valence-electron chi connectivity index (χ4n) is 3.21. The molecule has 1 N–H and O–H groups in total. The van der Waals surface area contributed by atoms with E-state index in [1.807, 2.05) is 0 Å². The highest BCUT2D eigenvalue weighted by Gasteiger charge is 2.37. The molecule has 1 heteroatoms. The highest BCUT2D eigenvalue weighted by Crippen LogP contribution is 2.43. The van der Waals surface area contributed by atoms with Crippen molar-refractivity contribution >= 4 is 0 Å². The topological polar surface area (TPSA) is 20.2 Å². The van der Waals surface area contributed by atoms with E-state index in [9.17, 15) is 5.11 Å². The third kappa shape index (κ3) is 3.48. The van der Waals surface area contributed by atoms with Crippen molar-refractivity contribution in [2.24, 2.45) is 17.3 Å². The van der Waals surface area contributed by atoms with Crippen molar-refractivity contribution in [1.82, 2.24) is 0 Å². The Morgan fingerprint density at radius 3 is 2.33 bits per heavy atom. The van der Waals surface area contributed by atoms with Gasteiger partial charge in [-0.1, -0.05) is 47.0 Å². The first-order valence-electron chi connectivity index (χ1n) is 6.65. The first kappa shape index (κ1) is 13.0. The van der Waals surface area contributed by atoms with Crippen LogP contribution in [0.5, 0.6) is 0 Å². The molecular formula is C14H28O. The quantitative estimate of drug-likeness (QED) is 0.749. The summed E-state index contributed by atoms with van der Waals surface area (Å²) >= 11 is 0. The zero-order chi connectivity index (χ0) is 11.5. The fourth-order valence-corrected chi connectivity index (χ4v) is 3.21. The van der Waals surface area contributed by atoms with Crippen LogP contribution in [-0.4, -0.2) is 11.2 Å². The number of aliphatic hydroxyl groups is 1. The number of hydrogen-bond acceptors (Lipinski definition) is 1. The predicted octanol–water partition coefficient (Wildman–Crippen LogP) is 4.00. The molecular weight excluding hydrogens is 184 g/mol. The molecule has 1 nitrogen and oxygen atoms in total. The molecule has 0 bridgehead atoms. The van der Waals surface area contributed by atoms with Gasteiger partial charge in [-0.2, -0.15) is 0 Å². The lowest BCUT2D eigenvalue weighted by Crippen LogP contribution is -2.37. The van der Waals surface area contributed by atoms with Crippen LogP contribution in [0.1, 0.15) is 66.2 Å². The third-order valence-corrected chi connectivity index (χ3v) is 4.01. The summed E-state index contributed by atoms with van der Waals surface area (Å²) < 4.78 is 0. The van der Waals surface area contributed by atoms with Gasteiger partial charge in [0.2, 0.25) is 0 Å². The van der Waals surface area contributed by atoms with Crippen molar-refractivity contribution < 1.29 is 5.11 Å². The summed E-state index contributed by atoms with van der Waals surface area (Å²) in [5, 5.41) is 10.2. The zero-order valence-electron chi connectivity index (χ0n) is 10.9. The van der Waals surface area contributed by atoms with Gasteiger partial charge in [-0.3, -0.25) is 0 Å². The zero-order valence-corrected chi connectivity index (χ0v) is 10.9. The molecule has 3 unspecified atom stereocenters. The second-order valence-corrected chi connectivity index (χ2v) is 6.28. The summed E-state index contributed by atoms with van der Waals surface area (Å²) in [6.45, 7) is 9.15. The van der Waals surface area contributed by atoms with E-state index in [1.165, 1.54) is 25.7 Å². The summed E-state index contributed by atoms with van der Waals surface area (Å²) in [7, 11) is 0. The molecule has 0 aromatic carbocycles. The summed E-state index contributed by atoms with van der Waals surface area (Å²) in [4.78, 5) is 0. The fraction of sp³-hybridized carbons (Fsp3) is 1.00. The van der Waals surface area contributed by atoms with E-state index in [0.717, 1.165) is 12.8 Å². The molecule has 90 valence electrons. The predicted molar refractivity (Wildman–Crippen MR) is 65.8 cm³/mol. The van der Waals surface area contributed by atoms with Crippen molar-refractivity contribution in [3.05, 3.63) is 0 Å². The van der Waals surface area contributed by atoms with Crippen LogP contribution in [0.2, 0.25) is 0 Å². The first-order chi connectivity index (χ1) is 6.96. The third-order valence-electron chi connectivity index (χ3n) is 4.01. The molecule has 1 aliphatic rings. The molecule has 15 heavy (non-hydrogen) atoms. The van der Waals surface area contributed by atoms with Crippen LogP contribution in [0, 0.1) is 17.3 Å². The number of rotatable bonds is 3. The molecule has 1 fully saturated rings. The maximum Gasteiger partial charge on any atom is 0.0571 e. The van der Waals surface area contributed by atoms with Gasteiger partial charge in [0.1, 0.15) is 0 Å². The second kappa shape index (κ2) is 5.34. The van der Waals surface area contributed by atoms with Crippen LogP contribution < -0.4 is 0 Å². The average molecular weight is 212 g/mol. The minimum absolute atomic E-state index is 0.0560. The normalized spacial score (nSPS) is 30.2. The minimum Gasteiger partial charge on any atom is -0.393 e. The van der Waals surface area contributed by atoms with E-state index in [4.69, 9.17) is 0 Å². The van der Waals surface area contributed by atoms with E-state index in [1.54, 1.807) is 0 Å². The molecule has 0 saturated heterocycles. The SMILES string of the molecule is CCCC(O)C1CCCCC1C(C)(C)C. The Hall–Kier alpha value is -0.0400. The second-order valence-electron chi connectivity index (χ2n) is 6.28. The number of hydrogen-bond donors (Lipinski definition) is 1. The van der Waals surface area contributed by atoms with Gasteiger partial charge in [0, 0.05) is 0 Å². The largest absolute Gasteiger partial charge is 0.393 e. The van der Waals surface area contributed by atoms with Crippen LogP contribution in [0.3, 0.4) is 0 Å². The molecule has 3 atom stereocenters. The molecule has 0 spiro atoms. The minimum atomic E-state index is -0.0560. The van der Waals surface area contributed by atoms with E-state index in [0.29, 0.717) is 17.3 Å². The highest BCUT2D eigenvalue weighted by molar-refractivity contribution is 4.87. The van der Waals surface area contributed by atoms with Gasteiger partial charge in [0.25, 0.3) is 0 Å². The van der Waals surface area contributed by atoms with Gasteiger partial charge in [0.05, 0.1) is 6.10 Å². The molecule has 0 heterocycles. The Labute approximate surface area is 95.3 Å². The Morgan fingerprint density at radius 2 is 1.80 bits per heavy atom. The van der Waals surface area contributed by atoms with E-state index >= 15 is 0 Å². The van der Waals surface area contributed by atoms with Crippen LogP contribution >= 0.6 is 0 Å². The molecule has 1 saturated carbocycles. The highest BCUT2D eigenvalue weighted by atomic mass is 16.3. The van der Waals surface area contributed by atoms with Crippen LogP contribution in [-0.2, 0) is 0 Å². The summed E-state index contributed by atoms with van der Waals surface area (Å²) in [6, 6.07) is 0. The lowest BCUT2D eigenvalue weighted by Gasteiger charge is -2.42. The molecule has 0 aromatic heterocycles. The van der Waals surface area contributed by atoms with Crippen LogP contribution in [0.4, 0.5) is 0 Å². The van der Waals surface area contributed by atoms with Gasteiger partial charge in [-0.15, -0.1) is 0 Å². The molecule has 0 aromatic rings. The van der Waals surface area contributed by atoms with Crippen molar-refractivity contribution in [1.29, 1.82) is 0 Å². The van der Waals surface area contributed by atoms with Gasteiger partial charge >= 0.3 is 0 Å². The standard InChI is InChI=1S/C14H28O/c1-5-8-13(15)11-9-6-7-10-12(11)14(2,3)4/h11-13,15H,5-10H2,1-4H3. The van der Waals surface area contributed by atoms with Crippen molar-refractivity contribution in [2.45, 2.75) is 72.3 Å². The summed E-state index contributed by atoms with van der Waals surface area (Å²) in [6.07, 6.45) is 7.26. The Balaban J connectivity index is 2.65. The number of aliphatic hydroxyl groups excluding tert-OH is 1. The monoisotopic (exact) mass is 212 g/mol. The average Bonchev–Trinajstić information content (AvgIpc) is 2.17. The molecule has 1 aliphatic carbocycles. The Kier molecular flexibility index (Phi) is 4.64. The van der Waals surface area contributed by atoms with E-state index in [-0.39, 0.29) is 6.10 Å². The van der Waals surface area contributed by atoms with Gasteiger partial charge in [0.15, 0.2) is 0 Å². The Bertz CT molecular complexity index is 180. The first-order valence-corrected chi connectivity index (χ1v) is 6.65. The van der Waals surface area contributed by atoms with Gasteiger partial charge in [-0.25, -0.2) is 0 Å². The van der Waals surface area contributed by atoms with Crippen LogP contribution in [0.25, 0.3) is 0 Å². The molecule has 0 radical (unpaired) electrons. The molecule has 0 amide bonds. The van der Waals surface area contributed by atoms with Gasteiger partial charge < -0.3 is 5.11 Å². The molecule has 0 aliphatic heterocycles. The lowest BCUT2D eigenvalue weighted by molar-refractivity contribution is -0.00122. The Morgan fingerprint density at radius 1 is 1.20 bits per heavy atom. The van der Waals surface area contributed by atoms with Crippen molar-refractivity contribution in [3.8, 4) is 0 Å². The van der Waals surface area contributed by atoms with Crippen LogP contribution in [0.15, 0.2) is 0 Å². The smallest absolute Gasteiger partial charge is 0.0571 e. The summed E-state index contributed by atoms with van der Waals surface area (Å²) in [5.74, 6) is 1.27. The lowest BCUT2D eigenvalue weighted by atomic mass is 9.64. The molecule has 1 rings (SSSR count). The van der Waals surface area contributed by atoms with Crippen molar-refractivity contribution in [3.63, 3.8) is 0 Å². The van der Waals surface area contributed by atoms with E-state index < -0.39 is 0 Å². The van der Waals surface area contributed by atoms with Crippen molar-refractivity contribution in [2.75, 3.05) is 0 Å². The maximum atomic E-state index is 10.2. The van der Waals surface area contributed by atoms with E-state index in [2.05, 4.69) is 27.7 Å². The van der Waals surface area contributed by atoms with Gasteiger partial charge in [-0.05, 0) is 36.5 Å². The summed E-state index contributed by atoms with van der Waals surface area (Å²) in [5.41, 5.74) is 0.361.